The van der Waals surface area contributed by atoms with E-state index in [2.05, 4.69) is 5.32 Å². The molecule has 0 bridgehead atoms. The maximum atomic E-state index is 12.8. The van der Waals surface area contributed by atoms with Gasteiger partial charge in [-0.15, -0.1) is 0 Å². The highest BCUT2D eigenvalue weighted by Gasteiger charge is 2.18. The number of nitrogens with two attached hydrogens (primary N) is 1. The van der Waals surface area contributed by atoms with Crippen molar-refractivity contribution in [2.75, 3.05) is 5.32 Å². The summed E-state index contributed by atoms with van der Waals surface area (Å²) in [7, 11) is 0. The molecule has 0 saturated heterocycles. The number of halogens is 1. The van der Waals surface area contributed by atoms with Crippen molar-refractivity contribution in [1.82, 2.24) is 0 Å². The molecule has 6 nitrogen and oxygen atoms in total. The third-order valence-electron chi connectivity index (χ3n) is 3.38. The van der Waals surface area contributed by atoms with Crippen molar-refractivity contribution < 1.29 is 23.5 Å². The molecule has 0 radical (unpaired) electrons. The van der Waals surface area contributed by atoms with Crippen LogP contribution in [0.15, 0.2) is 48.5 Å². The second-order valence-corrected chi connectivity index (χ2v) is 5.37. The van der Waals surface area contributed by atoms with Gasteiger partial charge in [-0.05, 0) is 48.9 Å². The number of carbonyl (C=O) groups is 3. The Morgan fingerprint density at radius 2 is 1.68 bits per heavy atom. The van der Waals surface area contributed by atoms with Crippen LogP contribution in [0.5, 0.6) is 0 Å². The topological polar surface area (TPSA) is 98.5 Å². The summed E-state index contributed by atoms with van der Waals surface area (Å²) in [5.74, 6) is -2.08. The molecule has 7 heteroatoms. The van der Waals surface area contributed by atoms with Crippen LogP contribution in [0.25, 0.3) is 0 Å². The van der Waals surface area contributed by atoms with E-state index in [4.69, 9.17) is 10.5 Å². The average Bonchev–Trinajstić information content (AvgIpc) is 2.57. The molecule has 0 aromatic heterocycles. The van der Waals surface area contributed by atoms with E-state index < -0.39 is 29.7 Å². The van der Waals surface area contributed by atoms with Crippen LogP contribution in [0.3, 0.4) is 0 Å². The lowest BCUT2D eigenvalue weighted by molar-refractivity contribution is -0.152. The highest BCUT2D eigenvalue weighted by atomic mass is 19.1. The zero-order chi connectivity index (χ0) is 18.4. The van der Waals surface area contributed by atoms with Crippen LogP contribution in [0.2, 0.25) is 0 Å². The van der Waals surface area contributed by atoms with Gasteiger partial charge in [0, 0.05) is 11.3 Å². The van der Waals surface area contributed by atoms with E-state index in [1.54, 1.807) is 0 Å². The van der Waals surface area contributed by atoms with Crippen molar-refractivity contribution in [1.29, 1.82) is 0 Å². The summed E-state index contributed by atoms with van der Waals surface area (Å²) in [4.78, 5) is 34.9. The normalized spacial score (nSPS) is 11.4. The fraction of sp³-hybridized carbons (Fsp3) is 0.167. The predicted octanol–water partition coefficient (Wildman–Crippen LogP) is 2.04. The van der Waals surface area contributed by atoms with Crippen molar-refractivity contribution in [3.8, 4) is 0 Å². The van der Waals surface area contributed by atoms with Crippen LogP contribution >= 0.6 is 0 Å². The van der Waals surface area contributed by atoms with Gasteiger partial charge < -0.3 is 15.8 Å². The molecule has 3 N–H and O–H groups in total. The van der Waals surface area contributed by atoms with Gasteiger partial charge in [0.1, 0.15) is 5.82 Å². The highest BCUT2D eigenvalue weighted by molar-refractivity contribution is 5.96. The van der Waals surface area contributed by atoms with Crippen LogP contribution in [0.4, 0.5) is 10.1 Å². The van der Waals surface area contributed by atoms with Crippen molar-refractivity contribution in [3.05, 3.63) is 65.5 Å². The van der Waals surface area contributed by atoms with Gasteiger partial charge >= 0.3 is 5.97 Å². The van der Waals surface area contributed by atoms with E-state index in [9.17, 15) is 18.8 Å². The Morgan fingerprint density at radius 1 is 1.08 bits per heavy atom. The summed E-state index contributed by atoms with van der Waals surface area (Å²) in [5.41, 5.74) is 6.48. The molecule has 2 rings (SSSR count). The maximum Gasteiger partial charge on any atom is 0.311 e. The molecule has 0 saturated carbocycles. The van der Waals surface area contributed by atoms with Gasteiger partial charge in [0.25, 0.3) is 5.91 Å². The number of benzene rings is 2. The van der Waals surface area contributed by atoms with E-state index in [0.29, 0.717) is 16.8 Å². The summed E-state index contributed by atoms with van der Waals surface area (Å²) in [6.07, 6.45) is -1.07. The fourth-order valence-electron chi connectivity index (χ4n) is 2.02. The number of esters is 1. The largest absolute Gasteiger partial charge is 0.452 e. The molecule has 0 aliphatic heterocycles. The minimum absolute atomic E-state index is 0.0643. The first-order chi connectivity index (χ1) is 11.8. The number of hydrogen-bond acceptors (Lipinski definition) is 4. The first kappa shape index (κ1) is 18.1. The zero-order valence-corrected chi connectivity index (χ0v) is 13.5. The Morgan fingerprint density at radius 3 is 2.24 bits per heavy atom. The summed E-state index contributed by atoms with van der Waals surface area (Å²) in [5, 5.41) is 2.57. The van der Waals surface area contributed by atoms with E-state index in [1.165, 1.54) is 55.5 Å². The van der Waals surface area contributed by atoms with Gasteiger partial charge in [0.2, 0.25) is 5.91 Å². The molecule has 0 spiro atoms. The molecular formula is C18H17FN2O4. The van der Waals surface area contributed by atoms with Crippen molar-refractivity contribution in [2.45, 2.75) is 19.4 Å². The molecule has 0 unspecified atom stereocenters. The molecular weight excluding hydrogens is 327 g/mol. The first-order valence-corrected chi connectivity index (χ1v) is 7.50. The van der Waals surface area contributed by atoms with Crippen LogP contribution in [0.1, 0.15) is 22.8 Å². The summed E-state index contributed by atoms with van der Waals surface area (Å²) in [6.45, 7) is 1.44. The lowest BCUT2D eigenvalue weighted by Crippen LogP contribution is -2.30. The molecule has 2 amide bonds. The number of ether oxygens (including phenoxy) is 1. The summed E-state index contributed by atoms with van der Waals surface area (Å²) < 4.78 is 17.9. The fourth-order valence-corrected chi connectivity index (χ4v) is 2.02. The Kier molecular flexibility index (Phi) is 5.84. The zero-order valence-electron chi connectivity index (χ0n) is 13.5. The number of anilines is 1. The van der Waals surface area contributed by atoms with Gasteiger partial charge in [0.15, 0.2) is 6.10 Å². The lowest BCUT2D eigenvalue weighted by atomic mass is 10.1. The van der Waals surface area contributed by atoms with E-state index in [0.717, 1.165) is 0 Å². The Labute approximate surface area is 143 Å². The quantitative estimate of drug-likeness (QED) is 0.784. The number of primary amides is 1. The third-order valence-corrected chi connectivity index (χ3v) is 3.38. The number of amides is 2. The van der Waals surface area contributed by atoms with E-state index >= 15 is 0 Å². The Hall–Kier alpha value is -3.22. The number of hydrogen-bond donors (Lipinski definition) is 2. The molecule has 2 aromatic rings. The minimum atomic E-state index is -1.01. The monoisotopic (exact) mass is 344 g/mol. The minimum Gasteiger partial charge on any atom is -0.452 e. The second-order valence-electron chi connectivity index (χ2n) is 5.37. The van der Waals surface area contributed by atoms with Crippen molar-refractivity contribution in [2.24, 2.45) is 5.73 Å². The highest BCUT2D eigenvalue weighted by Crippen LogP contribution is 2.11. The van der Waals surface area contributed by atoms with Crippen LogP contribution < -0.4 is 11.1 Å². The molecule has 25 heavy (non-hydrogen) atoms. The smallest absolute Gasteiger partial charge is 0.311 e. The third kappa shape index (κ3) is 5.42. The SMILES string of the molecule is C[C@H](OC(=O)Cc1ccc(F)cc1)C(=O)Nc1ccc(C(N)=O)cc1. The summed E-state index contributed by atoms with van der Waals surface area (Å²) >= 11 is 0. The molecule has 0 fully saturated rings. The van der Waals surface area contributed by atoms with Crippen LogP contribution in [-0.2, 0) is 20.7 Å². The Bertz CT molecular complexity index is 773. The molecule has 130 valence electrons. The maximum absolute atomic E-state index is 12.8. The van der Waals surface area contributed by atoms with Crippen LogP contribution in [0, 0.1) is 5.82 Å². The van der Waals surface area contributed by atoms with Gasteiger partial charge in [-0.2, -0.15) is 0 Å². The molecule has 0 heterocycles. The molecule has 2 aromatic carbocycles. The van der Waals surface area contributed by atoms with Crippen molar-refractivity contribution in [3.63, 3.8) is 0 Å². The Balaban J connectivity index is 1.87. The average molecular weight is 344 g/mol. The number of rotatable bonds is 6. The van der Waals surface area contributed by atoms with Crippen molar-refractivity contribution >= 4 is 23.5 Å². The molecule has 0 aliphatic rings. The molecule has 1 atom stereocenters. The predicted molar refractivity (Wildman–Crippen MR) is 89.2 cm³/mol. The summed E-state index contributed by atoms with van der Waals surface area (Å²) in [6, 6.07) is 11.4. The molecule has 0 aliphatic carbocycles. The van der Waals surface area contributed by atoms with Crippen LogP contribution in [-0.4, -0.2) is 23.9 Å². The van der Waals surface area contributed by atoms with E-state index in [-0.39, 0.29) is 6.42 Å². The lowest BCUT2D eigenvalue weighted by Gasteiger charge is -2.13. The second kappa shape index (κ2) is 8.05. The number of carbonyl (C=O) groups excluding carboxylic acids is 3. The first-order valence-electron chi connectivity index (χ1n) is 7.50. The van der Waals surface area contributed by atoms with E-state index in [1.807, 2.05) is 0 Å². The van der Waals surface area contributed by atoms with Gasteiger partial charge in [-0.25, -0.2) is 4.39 Å². The van der Waals surface area contributed by atoms with Gasteiger partial charge in [0.05, 0.1) is 6.42 Å². The van der Waals surface area contributed by atoms with Gasteiger partial charge in [-0.3, -0.25) is 14.4 Å². The standard InChI is InChI=1S/C18H17FN2O4/c1-11(25-16(22)10-12-2-6-14(19)7-3-12)18(24)21-15-8-4-13(5-9-15)17(20)23/h2-9,11H,10H2,1H3,(H2,20,23)(H,21,24)/t11-/m0/s1. The van der Waals surface area contributed by atoms with Gasteiger partial charge in [-0.1, -0.05) is 12.1 Å². The number of nitrogens with one attached hydrogen (secondary N) is 1.